The fraction of sp³-hybridized carbons (Fsp3) is 0.600. The molecule has 9 heteroatoms. The molecular weight excluding hydrogens is 335 g/mol. The number of aliphatic hydroxyl groups is 1. The molecule has 0 aliphatic rings. The number of hydrogen-bond acceptors (Lipinski definition) is 8. The van der Waals surface area contributed by atoms with E-state index in [1.54, 1.807) is 45.2 Å². The molecular formula is C15H25N2O6P. The first-order valence-electron chi connectivity index (χ1n) is 7.87. The molecule has 0 spiro atoms. The van der Waals surface area contributed by atoms with Crippen LogP contribution in [-0.4, -0.2) is 47.8 Å². The predicted molar refractivity (Wildman–Crippen MR) is 89.8 cm³/mol. The van der Waals surface area contributed by atoms with Gasteiger partial charge in [0.05, 0.1) is 19.8 Å². The average molecular weight is 360 g/mol. The molecule has 0 bridgehead atoms. The van der Waals surface area contributed by atoms with Crippen LogP contribution < -0.4 is 5.32 Å². The van der Waals surface area contributed by atoms with E-state index in [2.05, 4.69) is 10.3 Å². The number of nitrogens with one attached hydrogen (secondary N) is 1. The van der Waals surface area contributed by atoms with Crippen LogP contribution in [0.4, 0.5) is 5.82 Å². The highest BCUT2D eigenvalue weighted by Gasteiger charge is 2.56. The molecule has 0 fully saturated rings. The van der Waals surface area contributed by atoms with Gasteiger partial charge in [-0.3, -0.25) is 4.57 Å². The third-order valence-corrected chi connectivity index (χ3v) is 5.61. The van der Waals surface area contributed by atoms with Gasteiger partial charge in [0.1, 0.15) is 5.82 Å². The van der Waals surface area contributed by atoms with Crippen LogP contribution in [0.3, 0.4) is 0 Å². The SMILES string of the molecule is CCOC(=O)C(O)(CCNc1ccccn1)P(=O)(OCC)OCC. The lowest BCUT2D eigenvalue weighted by Crippen LogP contribution is -2.43. The number of nitrogens with zero attached hydrogens (tertiary/aromatic N) is 1. The van der Waals surface area contributed by atoms with Crippen molar-refractivity contribution in [2.75, 3.05) is 31.7 Å². The second kappa shape index (κ2) is 9.74. The summed E-state index contributed by atoms with van der Waals surface area (Å²) < 4.78 is 28.1. The van der Waals surface area contributed by atoms with E-state index in [-0.39, 0.29) is 32.8 Å². The number of carbonyl (C=O) groups excluding carboxylic acids is 1. The molecule has 0 aliphatic carbocycles. The predicted octanol–water partition coefficient (Wildman–Crippen LogP) is 2.40. The van der Waals surface area contributed by atoms with E-state index in [0.29, 0.717) is 5.82 Å². The van der Waals surface area contributed by atoms with Crippen LogP contribution in [0.1, 0.15) is 27.2 Å². The summed E-state index contributed by atoms with van der Waals surface area (Å²) in [4.78, 5) is 16.3. The minimum Gasteiger partial charge on any atom is -0.463 e. The first kappa shape index (κ1) is 20.6. The summed E-state index contributed by atoms with van der Waals surface area (Å²) in [5.41, 5.74) is 0. The summed E-state index contributed by atoms with van der Waals surface area (Å²) in [6, 6.07) is 5.28. The largest absolute Gasteiger partial charge is 0.463 e. The van der Waals surface area contributed by atoms with E-state index >= 15 is 0 Å². The van der Waals surface area contributed by atoms with Gasteiger partial charge in [-0.25, -0.2) is 9.78 Å². The summed E-state index contributed by atoms with van der Waals surface area (Å²) in [5, 5.41) is 11.4. The quantitative estimate of drug-likeness (QED) is 0.458. The van der Waals surface area contributed by atoms with Crippen LogP contribution in [0.2, 0.25) is 0 Å². The first-order valence-corrected chi connectivity index (χ1v) is 9.41. The topological polar surface area (TPSA) is 107 Å². The smallest absolute Gasteiger partial charge is 0.373 e. The van der Waals surface area contributed by atoms with Crippen LogP contribution in [0.25, 0.3) is 0 Å². The number of carbonyl (C=O) groups is 1. The highest BCUT2D eigenvalue weighted by Crippen LogP contribution is 2.60. The molecule has 0 aliphatic heterocycles. The second-order valence-corrected chi connectivity index (χ2v) is 7.01. The second-order valence-electron chi connectivity index (χ2n) is 4.76. The van der Waals surface area contributed by atoms with Crippen molar-refractivity contribution in [3.63, 3.8) is 0 Å². The van der Waals surface area contributed by atoms with Gasteiger partial charge < -0.3 is 24.2 Å². The fourth-order valence-electron chi connectivity index (χ4n) is 2.02. The molecule has 8 nitrogen and oxygen atoms in total. The van der Waals surface area contributed by atoms with Gasteiger partial charge in [0.15, 0.2) is 0 Å². The average Bonchev–Trinajstić information content (AvgIpc) is 2.56. The van der Waals surface area contributed by atoms with Crippen molar-refractivity contribution in [1.29, 1.82) is 0 Å². The molecule has 24 heavy (non-hydrogen) atoms. The van der Waals surface area contributed by atoms with Gasteiger partial charge in [-0.15, -0.1) is 0 Å². The van der Waals surface area contributed by atoms with Crippen LogP contribution in [0.15, 0.2) is 24.4 Å². The van der Waals surface area contributed by atoms with Gasteiger partial charge in [0.25, 0.3) is 5.34 Å². The minimum atomic E-state index is -4.13. The molecule has 1 atom stereocenters. The summed E-state index contributed by atoms with van der Waals surface area (Å²) in [5.74, 6) is -0.468. The monoisotopic (exact) mass is 360 g/mol. The summed E-state index contributed by atoms with van der Waals surface area (Å²) >= 11 is 0. The molecule has 1 aromatic heterocycles. The van der Waals surface area contributed by atoms with Gasteiger partial charge >= 0.3 is 13.6 Å². The Labute approximate surface area is 142 Å². The van der Waals surface area contributed by atoms with E-state index < -0.39 is 18.9 Å². The third-order valence-electron chi connectivity index (χ3n) is 3.10. The highest BCUT2D eigenvalue weighted by molar-refractivity contribution is 7.56. The lowest BCUT2D eigenvalue weighted by atomic mass is 10.2. The van der Waals surface area contributed by atoms with Crippen molar-refractivity contribution in [1.82, 2.24) is 4.98 Å². The van der Waals surface area contributed by atoms with Crippen LogP contribution in [-0.2, 0) is 23.1 Å². The molecule has 136 valence electrons. The van der Waals surface area contributed by atoms with Gasteiger partial charge in [-0.2, -0.15) is 0 Å². The van der Waals surface area contributed by atoms with Crippen molar-refractivity contribution >= 4 is 19.4 Å². The molecule has 1 heterocycles. The van der Waals surface area contributed by atoms with Crippen molar-refractivity contribution in [3.05, 3.63) is 24.4 Å². The number of esters is 1. The van der Waals surface area contributed by atoms with Crippen molar-refractivity contribution in [3.8, 4) is 0 Å². The normalized spacial score (nSPS) is 14.0. The summed E-state index contributed by atoms with van der Waals surface area (Å²) in [7, 11) is -4.13. The van der Waals surface area contributed by atoms with E-state index in [1.807, 2.05) is 0 Å². The van der Waals surface area contributed by atoms with Gasteiger partial charge in [-0.05, 0) is 32.9 Å². The van der Waals surface area contributed by atoms with Crippen molar-refractivity contribution in [2.45, 2.75) is 32.5 Å². The van der Waals surface area contributed by atoms with Gasteiger partial charge in [-0.1, -0.05) is 6.07 Å². The summed E-state index contributed by atoms with van der Waals surface area (Å²) in [6.07, 6.45) is 1.38. The Bertz CT molecular complexity index is 546. The molecule has 0 saturated carbocycles. The maximum atomic E-state index is 13.0. The number of hydrogen-bond donors (Lipinski definition) is 2. The van der Waals surface area contributed by atoms with Crippen molar-refractivity contribution in [2.24, 2.45) is 0 Å². The Hall–Kier alpha value is -1.47. The Morgan fingerprint density at radius 1 is 1.25 bits per heavy atom. The first-order chi connectivity index (χ1) is 11.4. The Kier molecular flexibility index (Phi) is 8.35. The minimum absolute atomic E-state index is 0.0205. The summed E-state index contributed by atoms with van der Waals surface area (Å²) in [6.45, 7) is 4.99. The van der Waals surface area contributed by atoms with Crippen LogP contribution in [0, 0.1) is 0 Å². The zero-order valence-corrected chi connectivity index (χ0v) is 15.1. The Morgan fingerprint density at radius 2 is 1.92 bits per heavy atom. The van der Waals surface area contributed by atoms with Gasteiger partial charge in [0.2, 0.25) is 0 Å². The fourth-order valence-corrected chi connectivity index (χ4v) is 3.88. The Morgan fingerprint density at radius 3 is 2.42 bits per heavy atom. The van der Waals surface area contributed by atoms with Gasteiger partial charge in [0, 0.05) is 19.2 Å². The number of ether oxygens (including phenoxy) is 1. The zero-order chi connectivity index (χ0) is 18.1. The van der Waals surface area contributed by atoms with E-state index in [9.17, 15) is 14.5 Å². The Balaban J connectivity index is 2.96. The lowest BCUT2D eigenvalue weighted by molar-refractivity contribution is -0.158. The van der Waals surface area contributed by atoms with Crippen molar-refractivity contribution < 1.29 is 28.3 Å². The molecule has 1 aromatic rings. The van der Waals surface area contributed by atoms with Crippen LogP contribution >= 0.6 is 7.60 Å². The molecule has 0 radical (unpaired) electrons. The lowest BCUT2D eigenvalue weighted by Gasteiger charge is -2.32. The van der Waals surface area contributed by atoms with E-state index in [4.69, 9.17) is 13.8 Å². The number of pyridine rings is 1. The zero-order valence-electron chi connectivity index (χ0n) is 14.2. The maximum Gasteiger partial charge on any atom is 0.373 e. The molecule has 2 N–H and O–H groups in total. The molecule has 0 saturated heterocycles. The van der Waals surface area contributed by atoms with E-state index in [1.165, 1.54) is 0 Å². The number of rotatable bonds is 11. The number of anilines is 1. The highest BCUT2D eigenvalue weighted by atomic mass is 31.2. The molecule has 1 unspecified atom stereocenters. The molecule has 0 amide bonds. The molecule has 1 rings (SSSR count). The standard InChI is InChI=1S/C15H25N2O6P/c1-4-21-14(18)15(19,24(20,22-5-2)23-6-3)10-12-17-13-9-7-8-11-16-13/h7-9,11,19H,4-6,10,12H2,1-3H3,(H,16,17). The van der Waals surface area contributed by atoms with Crippen LogP contribution in [0.5, 0.6) is 0 Å². The van der Waals surface area contributed by atoms with E-state index in [0.717, 1.165) is 0 Å². The third kappa shape index (κ3) is 5.01. The molecule has 0 aromatic carbocycles. The number of aromatic nitrogens is 1. The maximum absolute atomic E-state index is 13.0.